The third-order valence-electron chi connectivity index (χ3n) is 1.26. The van der Waals surface area contributed by atoms with E-state index in [1.807, 2.05) is 27.7 Å². The Labute approximate surface area is 68.2 Å². The third-order valence-corrected chi connectivity index (χ3v) is 1.26. The Hall–Kier alpha value is -0.790. The average molecular weight is 156 g/mol. The number of carbonyl (C=O) groups is 1. The first kappa shape index (κ1) is 10.2. The molecule has 0 saturated heterocycles. The van der Waals surface area contributed by atoms with Gasteiger partial charge in [-0.1, -0.05) is 20.8 Å². The van der Waals surface area contributed by atoms with Gasteiger partial charge in [0.25, 0.3) is 0 Å². The molecule has 0 rings (SSSR count). The molecule has 0 amide bonds. The van der Waals surface area contributed by atoms with Gasteiger partial charge in [0.1, 0.15) is 12.0 Å². The smallest absolute Gasteiger partial charge is 0.146 e. The maximum absolute atomic E-state index is 10.2. The minimum absolute atomic E-state index is 0.0725. The fraction of sp³-hybridized carbons (Fsp3) is 0.667. The number of rotatable bonds is 3. The third kappa shape index (κ3) is 3.81. The molecule has 2 heteroatoms. The van der Waals surface area contributed by atoms with Crippen LogP contribution < -0.4 is 0 Å². The normalized spacial score (nSPS) is 12.9. The average Bonchev–Trinajstić information content (AvgIpc) is 1.85. The Balaban J connectivity index is 4.34. The van der Waals surface area contributed by atoms with Crippen molar-refractivity contribution in [3.8, 4) is 0 Å². The Morgan fingerprint density at radius 2 is 2.00 bits per heavy atom. The molecule has 0 saturated carbocycles. The van der Waals surface area contributed by atoms with Gasteiger partial charge in [0.15, 0.2) is 0 Å². The molecule has 0 unspecified atom stereocenters. The van der Waals surface area contributed by atoms with E-state index in [0.717, 1.165) is 12.0 Å². The highest BCUT2D eigenvalue weighted by Gasteiger charge is 2.17. The van der Waals surface area contributed by atoms with Gasteiger partial charge in [0.2, 0.25) is 0 Å². The number of allylic oxidation sites excluding steroid dienone is 2. The largest absolute Gasteiger partial charge is 0.498 e. The van der Waals surface area contributed by atoms with E-state index in [9.17, 15) is 4.79 Å². The molecule has 11 heavy (non-hydrogen) atoms. The minimum Gasteiger partial charge on any atom is -0.498 e. The highest BCUT2D eigenvalue weighted by Crippen LogP contribution is 2.25. The molecule has 0 aromatic rings. The van der Waals surface area contributed by atoms with E-state index in [0.29, 0.717) is 6.61 Å². The monoisotopic (exact) mass is 156 g/mol. The second-order valence-electron chi connectivity index (χ2n) is 3.35. The Morgan fingerprint density at radius 3 is 2.27 bits per heavy atom. The van der Waals surface area contributed by atoms with Gasteiger partial charge in [-0.2, -0.15) is 0 Å². The molecule has 0 aliphatic rings. The molecule has 0 bridgehead atoms. The second kappa shape index (κ2) is 4.16. The lowest BCUT2D eigenvalue weighted by Gasteiger charge is -2.21. The number of hydrogen-bond acceptors (Lipinski definition) is 2. The predicted molar refractivity (Wildman–Crippen MR) is 45.2 cm³/mol. The van der Waals surface area contributed by atoms with Crippen molar-refractivity contribution in [3.63, 3.8) is 0 Å². The molecule has 0 N–H and O–H groups in total. The van der Waals surface area contributed by atoms with Gasteiger partial charge in [0.05, 0.1) is 6.61 Å². The molecular formula is C9H16O2. The first-order valence-electron chi connectivity index (χ1n) is 3.81. The van der Waals surface area contributed by atoms with E-state index in [1.165, 1.54) is 6.08 Å². The highest BCUT2D eigenvalue weighted by atomic mass is 16.5. The van der Waals surface area contributed by atoms with Crippen LogP contribution in [0.25, 0.3) is 0 Å². The van der Waals surface area contributed by atoms with Crippen LogP contribution in [0, 0.1) is 5.41 Å². The topological polar surface area (TPSA) is 26.3 Å². The van der Waals surface area contributed by atoms with Gasteiger partial charge in [-0.25, -0.2) is 0 Å². The Bertz CT molecular complexity index is 151. The van der Waals surface area contributed by atoms with Crippen molar-refractivity contribution >= 4 is 6.29 Å². The van der Waals surface area contributed by atoms with E-state index >= 15 is 0 Å². The minimum atomic E-state index is -0.0725. The van der Waals surface area contributed by atoms with Crippen molar-refractivity contribution in [3.05, 3.63) is 11.8 Å². The van der Waals surface area contributed by atoms with E-state index in [-0.39, 0.29) is 5.41 Å². The molecule has 0 fully saturated rings. The summed E-state index contributed by atoms with van der Waals surface area (Å²) in [7, 11) is 0. The molecule has 0 aromatic carbocycles. The summed E-state index contributed by atoms with van der Waals surface area (Å²) >= 11 is 0. The lowest BCUT2D eigenvalue weighted by Crippen LogP contribution is -2.12. The summed E-state index contributed by atoms with van der Waals surface area (Å²) in [5.74, 6) is 0.745. The second-order valence-corrected chi connectivity index (χ2v) is 3.35. The molecule has 0 aliphatic carbocycles. The zero-order valence-corrected chi connectivity index (χ0v) is 7.68. The van der Waals surface area contributed by atoms with Gasteiger partial charge < -0.3 is 4.74 Å². The van der Waals surface area contributed by atoms with Gasteiger partial charge in [-0.3, -0.25) is 4.79 Å². The van der Waals surface area contributed by atoms with Gasteiger partial charge in [0, 0.05) is 11.5 Å². The quantitative estimate of drug-likeness (QED) is 0.355. The zero-order chi connectivity index (χ0) is 8.91. The Morgan fingerprint density at radius 1 is 1.45 bits per heavy atom. The van der Waals surface area contributed by atoms with Crippen LogP contribution in [0.1, 0.15) is 27.7 Å². The lowest BCUT2D eigenvalue weighted by atomic mass is 9.93. The van der Waals surface area contributed by atoms with Gasteiger partial charge in [-0.15, -0.1) is 0 Å². The van der Waals surface area contributed by atoms with Crippen molar-refractivity contribution in [1.29, 1.82) is 0 Å². The van der Waals surface area contributed by atoms with Crippen LogP contribution >= 0.6 is 0 Å². The van der Waals surface area contributed by atoms with Crippen LogP contribution in [0.2, 0.25) is 0 Å². The molecule has 0 spiro atoms. The maximum Gasteiger partial charge on any atom is 0.146 e. The maximum atomic E-state index is 10.2. The fourth-order valence-electron chi connectivity index (χ4n) is 0.732. The van der Waals surface area contributed by atoms with Crippen molar-refractivity contribution in [2.45, 2.75) is 27.7 Å². The van der Waals surface area contributed by atoms with E-state index in [1.54, 1.807) is 0 Å². The fourth-order valence-corrected chi connectivity index (χ4v) is 0.732. The number of hydrogen-bond donors (Lipinski definition) is 0. The zero-order valence-electron chi connectivity index (χ0n) is 7.68. The predicted octanol–water partition coefficient (Wildman–Crippen LogP) is 2.15. The van der Waals surface area contributed by atoms with Gasteiger partial charge in [-0.05, 0) is 6.92 Å². The molecule has 2 nitrogen and oxygen atoms in total. The van der Waals surface area contributed by atoms with Crippen LogP contribution in [-0.2, 0) is 9.53 Å². The first-order valence-corrected chi connectivity index (χ1v) is 3.81. The molecule has 0 heterocycles. The molecular weight excluding hydrogens is 140 g/mol. The molecule has 0 atom stereocenters. The summed E-state index contributed by atoms with van der Waals surface area (Å²) in [6.07, 6.45) is 2.24. The number of carbonyl (C=O) groups excluding carboxylic acids is 1. The van der Waals surface area contributed by atoms with Crippen LogP contribution in [0.4, 0.5) is 0 Å². The van der Waals surface area contributed by atoms with Gasteiger partial charge >= 0.3 is 0 Å². The summed E-state index contributed by atoms with van der Waals surface area (Å²) < 4.78 is 5.28. The number of ether oxygens (including phenoxy) is 1. The Kier molecular flexibility index (Phi) is 3.86. The molecule has 64 valence electrons. The lowest BCUT2D eigenvalue weighted by molar-refractivity contribution is -0.104. The van der Waals surface area contributed by atoms with Crippen molar-refractivity contribution in [2.75, 3.05) is 6.61 Å². The van der Waals surface area contributed by atoms with Crippen molar-refractivity contribution in [1.82, 2.24) is 0 Å². The summed E-state index contributed by atoms with van der Waals surface area (Å²) in [5.41, 5.74) is -0.0725. The van der Waals surface area contributed by atoms with Crippen LogP contribution in [0.3, 0.4) is 0 Å². The summed E-state index contributed by atoms with van der Waals surface area (Å²) in [6.45, 7) is 8.55. The van der Waals surface area contributed by atoms with Crippen LogP contribution in [0.15, 0.2) is 11.8 Å². The summed E-state index contributed by atoms with van der Waals surface area (Å²) in [4.78, 5) is 10.2. The molecule has 0 aromatic heterocycles. The number of aldehydes is 1. The van der Waals surface area contributed by atoms with E-state index in [2.05, 4.69) is 0 Å². The summed E-state index contributed by atoms with van der Waals surface area (Å²) in [5, 5.41) is 0. The summed E-state index contributed by atoms with van der Waals surface area (Å²) in [6, 6.07) is 0. The van der Waals surface area contributed by atoms with E-state index in [4.69, 9.17) is 4.74 Å². The van der Waals surface area contributed by atoms with Crippen molar-refractivity contribution < 1.29 is 9.53 Å². The standard InChI is InChI=1S/C9H16O2/c1-5-11-8(6-7-10)9(2,3)4/h6-7H,5H2,1-4H3/b8-6-. The van der Waals surface area contributed by atoms with E-state index < -0.39 is 0 Å². The van der Waals surface area contributed by atoms with Crippen LogP contribution in [-0.4, -0.2) is 12.9 Å². The van der Waals surface area contributed by atoms with Crippen LogP contribution in [0.5, 0.6) is 0 Å². The first-order chi connectivity index (χ1) is 5.02. The highest BCUT2D eigenvalue weighted by molar-refractivity contribution is 5.65. The molecule has 0 aliphatic heterocycles. The van der Waals surface area contributed by atoms with Crippen molar-refractivity contribution in [2.24, 2.45) is 5.41 Å². The SMILES string of the molecule is CCO/C(=C\C=O)C(C)(C)C. The molecule has 0 radical (unpaired) electrons.